The highest BCUT2D eigenvalue weighted by Gasteiger charge is 2.18. The molecular formula is C18H26O8S2. The number of aliphatic hydroxyl groups is 2. The molecule has 4 N–H and O–H groups in total. The van der Waals surface area contributed by atoms with Crippen molar-refractivity contribution in [2.24, 2.45) is 5.41 Å². The molecule has 0 amide bonds. The molecular weight excluding hydrogens is 408 g/mol. The zero-order valence-corrected chi connectivity index (χ0v) is 17.3. The van der Waals surface area contributed by atoms with Crippen molar-refractivity contribution >= 4 is 20.2 Å². The van der Waals surface area contributed by atoms with Crippen LogP contribution in [-0.2, 0) is 20.2 Å². The minimum atomic E-state index is -4.00. The normalized spacial score (nSPS) is 11.5. The summed E-state index contributed by atoms with van der Waals surface area (Å²) in [6.45, 7) is 3.94. The summed E-state index contributed by atoms with van der Waals surface area (Å²) in [6.07, 6.45) is 0.819. The van der Waals surface area contributed by atoms with Crippen molar-refractivity contribution < 1.29 is 36.2 Å². The summed E-state index contributed by atoms with van der Waals surface area (Å²) in [7, 11) is -8.01. The van der Waals surface area contributed by atoms with E-state index in [0.29, 0.717) is 0 Å². The third-order valence-corrected chi connectivity index (χ3v) is 5.43. The fraction of sp³-hybridized carbons (Fsp3) is 0.333. The predicted molar refractivity (Wildman–Crippen MR) is 105 cm³/mol. The average Bonchev–Trinajstić information content (AvgIpc) is 2.68. The largest absolute Gasteiger partial charge is 0.396 e. The number of benzene rings is 2. The Kier molecular flexibility index (Phi) is 11.1. The van der Waals surface area contributed by atoms with Crippen LogP contribution in [0.25, 0.3) is 0 Å². The van der Waals surface area contributed by atoms with Gasteiger partial charge >= 0.3 is 0 Å². The molecule has 2 aromatic carbocycles. The van der Waals surface area contributed by atoms with Crippen LogP contribution in [0, 0.1) is 5.41 Å². The monoisotopic (exact) mass is 434 g/mol. The Balaban J connectivity index is 0.000000394. The first-order valence-electron chi connectivity index (χ1n) is 8.16. The standard InChI is InChI=1S/2C6H6O3S.C6H14O2/c2*7-10(8,9)6-4-2-1-3-5-6;1-3-6(2,4-7)5-8/h2*1-5H,(H,7,8,9);7-8H,3-5H2,1-2H3. The summed E-state index contributed by atoms with van der Waals surface area (Å²) >= 11 is 0. The topological polar surface area (TPSA) is 149 Å². The van der Waals surface area contributed by atoms with E-state index in [0.717, 1.165) is 6.42 Å². The van der Waals surface area contributed by atoms with Gasteiger partial charge in [0, 0.05) is 5.41 Å². The van der Waals surface area contributed by atoms with Gasteiger partial charge in [-0.15, -0.1) is 0 Å². The lowest BCUT2D eigenvalue weighted by Gasteiger charge is -2.21. The Morgan fingerprint density at radius 2 is 1.00 bits per heavy atom. The number of aliphatic hydroxyl groups excluding tert-OH is 2. The van der Waals surface area contributed by atoms with Crippen LogP contribution < -0.4 is 0 Å². The zero-order chi connectivity index (χ0) is 21.8. The highest BCUT2D eigenvalue weighted by molar-refractivity contribution is 7.86. The second-order valence-corrected chi connectivity index (χ2v) is 8.90. The van der Waals surface area contributed by atoms with E-state index in [1.54, 1.807) is 36.4 Å². The molecule has 0 saturated heterocycles. The number of hydrogen-bond acceptors (Lipinski definition) is 6. The fourth-order valence-electron chi connectivity index (χ4n) is 1.46. The molecule has 28 heavy (non-hydrogen) atoms. The van der Waals surface area contributed by atoms with E-state index in [-0.39, 0.29) is 28.4 Å². The van der Waals surface area contributed by atoms with Crippen LogP contribution in [0.4, 0.5) is 0 Å². The van der Waals surface area contributed by atoms with Crippen molar-refractivity contribution in [3.8, 4) is 0 Å². The molecule has 0 unspecified atom stereocenters. The van der Waals surface area contributed by atoms with Crippen LogP contribution in [0.5, 0.6) is 0 Å². The van der Waals surface area contributed by atoms with Gasteiger partial charge in [-0.3, -0.25) is 9.11 Å². The van der Waals surface area contributed by atoms with Gasteiger partial charge in [0.05, 0.1) is 23.0 Å². The highest BCUT2D eigenvalue weighted by Crippen LogP contribution is 2.17. The van der Waals surface area contributed by atoms with Crippen molar-refractivity contribution in [1.29, 1.82) is 0 Å². The van der Waals surface area contributed by atoms with E-state index in [9.17, 15) is 16.8 Å². The van der Waals surface area contributed by atoms with Crippen LogP contribution in [0.1, 0.15) is 20.3 Å². The summed E-state index contributed by atoms with van der Waals surface area (Å²) in [5.74, 6) is 0. The van der Waals surface area contributed by atoms with Crippen molar-refractivity contribution in [3.05, 3.63) is 60.7 Å². The first kappa shape index (κ1) is 26.2. The van der Waals surface area contributed by atoms with Crippen LogP contribution in [0.15, 0.2) is 70.5 Å². The molecule has 0 atom stereocenters. The molecule has 0 aliphatic rings. The molecule has 10 heteroatoms. The van der Waals surface area contributed by atoms with Crippen molar-refractivity contribution in [2.75, 3.05) is 13.2 Å². The molecule has 0 fully saturated rings. The predicted octanol–water partition coefficient (Wildman–Crippen LogP) is 2.25. The molecule has 0 bridgehead atoms. The van der Waals surface area contributed by atoms with Gasteiger partial charge in [0.25, 0.3) is 20.2 Å². The lowest BCUT2D eigenvalue weighted by molar-refractivity contribution is 0.0670. The molecule has 0 aromatic heterocycles. The average molecular weight is 435 g/mol. The van der Waals surface area contributed by atoms with Gasteiger partial charge in [-0.05, 0) is 30.7 Å². The van der Waals surface area contributed by atoms with E-state index in [2.05, 4.69) is 0 Å². The summed E-state index contributed by atoms with van der Waals surface area (Å²) < 4.78 is 58.5. The van der Waals surface area contributed by atoms with Gasteiger partial charge < -0.3 is 10.2 Å². The van der Waals surface area contributed by atoms with E-state index in [1.165, 1.54) is 24.3 Å². The van der Waals surface area contributed by atoms with Gasteiger partial charge in [-0.25, -0.2) is 0 Å². The lowest BCUT2D eigenvalue weighted by atomic mass is 9.90. The Morgan fingerprint density at radius 3 is 1.11 bits per heavy atom. The minimum Gasteiger partial charge on any atom is -0.396 e. The van der Waals surface area contributed by atoms with Crippen LogP contribution in [-0.4, -0.2) is 49.4 Å². The Labute approximate surface area is 166 Å². The van der Waals surface area contributed by atoms with Crippen molar-refractivity contribution in [1.82, 2.24) is 0 Å². The summed E-state index contributed by atoms with van der Waals surface area (Å²) in [6, 6.07) is 14.8. The molecule has 0 saturated carbocycles. The van der Waals surface area contributed by atoms with Gasteiger partial charge in [-0.1, -0.05) is 50.2 Å². The smallest absolute Gasteiger partial charge is 0.294 e. The molecule has 2 aromatic rings. The summed E-state index contributed by atoms with van der Waals surface area (Å²) in [5.41, 5.74) is -0.264. The Morgan fingerprint density at radius 1 is 0.714 bits per heavy atom. The molecule has 0 spiro atoms. The second kappa shape index (κ2) is 11.9. The maximum Gasteiger partial charge on any atom is 0.294 e. The molecule has 0 aliphatic carbocycles. The third kappa shape index (κ3) is 10.5. The van der Waals surface area contributed by atoms with Crippen LogP contribution in [0.3, 0.4) is 0 Å². The Hall–Kier alpha value is -1.82. The van der Waals surface area contributed by atoms with Gasteiger partial charge in [0.2, 0.25) is 0 Å². The molecule has 158 valence electrons. The van der Waals surface area contributed by atoms with Crippen LogP contribution in [0.2, 0.25) is 0 Å². The van der Waals surface area contributed by atoms with E-state index in [4.69, 9.17) is 19.3 Å². The fourth-order valence-corrected chi connectivity index (χ4v) is 2.46. The SMILES string of the molecule is CCC(C)(CO)CO.O=S(=O)(O)c1ccccc1.O=S(=O)(O)c1ccccc1. The van der Waals surface area contributed by atoms with Gasteiger partial charge in [0.1, 0.15) is 0 Å². The van der Waals surface area contributed by atoms with Crippen molar-refractivity contribution in [2.45, 2.75) is 30.1 Å². The number of rotatable bonds is 5. The first-order valence-corrected chi connectivity index (χ1v) is 11.0. The quantitative estimate of drug-likeness (QED) is 0.524. The van der Waals surface area contributed by atoms with Gasteiger partial charge in [-0.2, -0.15) is 16.8 Å². The Bertz CT molecular complexity index is 800. The van der Waals surface area contributed by atoms with Crippen molar-refractivity contribution in [3.63, 3.8) is 0 Å². The third-order valence-electron chi connectivity index (χ3n) is 3.70. The molecule has 2 rings (SSSR count). The lowest BCUT2D eigenvalue weighted by Crippen LogP contribution is -2.24. The maximum absolute atomic E-state index is 10.4. The minimum absolute atomic E-state index is 0.0694. The maximum atomic E-state index is 10.4. The molecule has 0 aliphatic heterocycles. The number of hydrogen-bond donors (Lipinski definition) is 4. The molecule has 8 nitrogen and oxygen atoms in total. The van der Waals surface area contributed by atoms with Gasteiger partial charge in [0.15, 0.2) is 0 Å². The van der Waals surface area contributed by atoms with E-state index < -0.39 is 20.2 Å². The zero-order valence-electron chi connectivity index (χ0n) is 15.6. The first-order chi connectivity index (χ1) is 12.9. The highest BCUT2D eigenvalue weighted by atomic mass is 32.2. The molecule has 0 heterocycles. The summed E-state index contributed by atoms with van der Waals surface area (Å²) in [4.78, 5) is -0.148. The van der Waals surface area contributed by atoms with E-state index >= 15 is 0 Å². The second-order valence-electron chi connectivity index (χ2n) is 6.06. The van der Waals surface area contributed by atoms with E-state index in [1.807, 2.05) is 13.8 Å². The van der Waals surface area contributed by atoms with Crippen LogP contribution >= 0.6 is 0 Å². The summed E-state index contributed by atoms with van der Waals surface area (Å²) in [5, 5.41) is 17.3. The molecule has 0 radical (unpaired) electrons.